The molecule has 0 fully saturated rings. The van der Waals surface area contributed by atoms with Crippen LogP contribution in [-0.2, 0) is 12.8 Å². The van der Waals surface area contributed by atoms with Gasteiger partial charge in [0.1, 0.15) is 0 Å². The molecule has 0 bridgehead atoms. The third kappa shape index (κ3) is 3.48. The van der Waals surface area contributed by atoms with E-state index in [2.05, 4.69) is 110 Å². The van der Waals surface area contributed by atoms with E-state index in [4.69, 9.17) is 0 Å². The molecule has 0 nitrogen and oxygen atoms in total. The molecule has 0 atom stereocenters. The maximum atomic E-state index is 3.35. The minimum Gasteiger partial charge on any atom is -0.0619 e. The van der Waals surface area contributed by atoms with E-state index >= 15 is 0 Å². The number of rotatable bonds is 2. The topological polar surface area (TPSA) is 0 Å². The average molecular weight is 370 g/mol. The van der Waals surface area contributed by atoms with Crippen LogP contribution in [0.3, 0.4) is 0 Å². The van der Waals surface area contributed by atoms with Crippen LogP contribution in [0.25, 0.3) is 22.3 Å². The molecule has 1 aliphatic rings. The summed E-state index contributed by atoms with van der Waals surface area (Å²) in [6, 6.07) is 32.6. The highest BCUT2D eigenvalue weighted by Gasteiger charge is 2.17. The maximum absolute atomic E-state index is 3.35. The van der Waals surface area contributed by atoms with Crippen LogP contribution in [0.5, 0.6) is 0 Å². The van der Waals surface area contributed by atoms with Gasteiger partial charge in [0.15, 0.2) is 0 Å². The average Bonchev–Trinajstić information content (AvgIpc) is 3.16. The highest BCUT2D eigenvalue weighted by Crippen LogP contribution is 2.36. The molecule has 0 saturated heterocycles. The Morgan fingerprint density at radius 2 is 1.24 bits per heavy atom. The van der Waals surface area contributed by atoms with Gasteiger partial charge < -0.3 is 0 Å². The van der Waals surface area contributed by atoms with Gasteiger partial charge >= 0.3 is 0 Å². The van der Waals surface area contributed by atoms with Crippen molar-refractivity contribution in [2.75, 3.05) is 0 Å². The van der Waals surface area contributed by atoms with Crippen molar-refractivity contribution in [1.82, 2.24) is 0 Å². The van der Waals surface area contributed by atoms with Crippen molar-refractivity contribution in [2.45, 2.75) is 19.8 Å². The number of benzene rings is 4. The lowest BCUT2D eigenvalue weighted by atomic mass is 10.0. The van der Waals surface area contributed by atoms with Gasteiger partial charge in [-0.15, -0.1) is 0 Å². The summed E-state index contributed by atoms with van der Waals surface area (Å²) in [5.74, 6) is 6.67. The molecule has 4 aromatic rings. The monoisotopic (exact) mass is 370 g/mol. The molecule has 1 aliphatic carbocycles. The van der Waals surface area contributed by atoms with Crippen LogP contribution in [0, 0.1) is 11.8 Å². The Morgan fingerprint density at radius 3 is 2.00 bits per heavy atom. The lowest BCUT2D eigenvalue weighted by molar-refractivity contribution is 1.14. The van der Waals surface area contributed by atoms with Gasteiger partial charge in [-0.2, -0.15) is 0 Å². The summed E-state index contributed by atoms with van der Waals surface area (Å²) in [7, 11) is 0. The third-order valence-electron chi connectivity index (χ3n) is 5.73. The first-order valence-electron chi connectivity index (χ1n) is 10.2. The Hall–Kier alpha value is -3.56. The van der Waals surface area contributed by atoms with Gasteiger partial charge in [0.05, 0.1) is 0 Å². The van der Waals surface area contributed by atoms with Gasteiger partial charge in [0, 0.05) is 11.1 Å². The van der Waals surface area contributed by atoms with Gasteiger partial charge in [-0.05, 0) is 76.1 Å². The molecule has 0 heteroatoms. The lowest BCUT2D eigenvalue weighted by Gasteiger charge is -2.03. The summed E-state index contributed by atoms with van der Waals surface area (Å²) < 4.78 is 0. The van der Waals surface area contributed by atoms with Crippen LogP contribution in [0.1, 0.15) is 34.7 Å². The summed E-state index contributed by atoms with van der Waals surface area (Å²) in [6.07, 6.45) is 2.10. The van der Waals surface area contributed by atoms with Crippen molar-refractivity contribution in [3.8, 4) is 34.1 Å². The predicted octanol–water partition coefficient (Wildman–Crippen LogP) is 6.89. The van der Waals surface area contributed by atoms with Gasteiger partial charge in [-0.3, -0.25) is 0 Å². The summed E-state index contributed by atoms with van der Waals surface area (Å²) in [5, 5.41) is 0. The van der Waals surface area contributed by atoms with E-state index in [1.165, 1.54) is 38.9 Å². The fourth-order valence-electron chi connectivity index (χ4n) is 4.02. The van der Waals surface area contributed by atoms with Crippen molar-refractivity contribution in [3.05, 3.63) is 119 Å². The Bertz CT molecular complexity index is 1230. The molecule has 0 aliphatic heterocycles. The summed E-state index contributed by atoms with van der Waals surface area (Å²) in [5.41, 5.74) is 11.5. The highest BCUT2D eigenvalue weighted by atomic mass is 14.2. The van der Waals surface area contributed by atoms with E-state index in [0.29, 0.717) is 0 Å². The standard InChI is InChI=1S/C29H22/c1-2-21-9-14-24(15-10-21)25-16-11-22(12-17-25)7-8-23-13-18-27-20-26-5-3-4-6-28(26)29(27)19-23/h3-6,9-19H,2,20H2,1H3. The minimum absolute atomic E-state index is 1.03. The number of hydrogen-bond acceptors (Lipinski definition) is 0. The van der Waals surface area contributed by atoms with E-state index in [-0.39, 0.29) is 0 Å². The van der Waals surface area contributed by atoms with Crippen molar-refractivity contribution in [2.24, 2.45) is 0 Å². The minimum atomic E-state index is 1.03. The Morgan fingerprint density at radius 1 is 0.621 bits per heavy atom. The van der Waals surface area contributed by atoms with Crippen LogP contribution in [0.4, 0.5) is 0 Å². The van der Waals surface area contributed by atoms with Crippen LogP contribution in [0.2, 0.25) is 0 Å². The summed E-state index contributed by atoms with van der Waals surface area (Å²) in [4.78, 5) is 0. The molecule has 0 saturated carbocycles. The van der Waals surface area contributed by atoms with Crippen LogP contribution < -0.4 is 0 Å². The lowest BCUT2D eigenvalue weighted by Crippen LogP contribution is -1.83. The smallest absolute Gasteiger partial charge is 0.0255 e. The quantitative estimate of drug-likeness (QED) is 0.297. The normalized spacial score (nSPS) is 11.3. The molecule has 4 aromatic carbocycles. The molecule has 0 aromatic heterocycles. The van der Waals surface area contributed by atoms with E-state index in [1.54, 1.807) is 0 Å². The first kappa shape index (κ1) is 17.5. The van der Waals surface area contributed by atoms with E-state index in [0.717, 1.165) is 24.0 Å². The molecular weight excluding hydrogens is 348 g/mol. The van der Waals surface area contributed by atoms with Crippen LogP contribution in [0.15, 0.2) is 91.0 Å². The van der Waals surface area contributed by atoms with Crippen molar-refractivity contribution in [1.29, 1.82) is 0 Å². The van der Waals surface area contributed by atoms with Crippen molar-refractivity contribution >= 4 is 0 Å². The number of hydrogen-bond donors (Lipinski definition) is 0. The van der Waals surface area contributed by atoms with Crippen molar-refractivity contribution in [3.63, 3.8) is 0 Å². The van der Waals surface area contributed by atoms with Crippen LogP contribution in [-0.4, -0.2) is 0 Å². The largest absolute Gasteiger partial charge is 0.0619 e. The molecular formula is C29H22. The van der Waals surface area contributed by atoms with Gasteiger partial charge in [-0.25, -0.2) is 0 Å². The zero-order valence-corrected chi connectivity index (χ0v) is 16.6. The maximum Gasteiger partial charge on any atom is 0.0255 e. The highest BCUT2D eigenvalue weighted by molar-refractivity contribution is 5.78. The molecule has 0 amide bonds. The molecule has 29 heavy (non-hydrogen) atoms. The summed E-state index contributed by atoms with van der Waals surface area (Å²) in [6.45, 7) is 2.18. The predicted molar refractivity (Wildman–Crippen MR) is 122 cm³/mol. The molecule has 0 heterocycles. The second-order valence-electron chi connectivity index (χ2n) is 7.58. The number of fused-ring (bicyclic) bond motifs is 3. The Balaban J connectivity index is 1.38. The van der Waals surface area contributed by atoms with E-state index in [9.17, 15) is 0 Å². The fourth-order valence-corrected chi connectivity index (χ4v) is 4.02. The second kappa shape index (κ2) is 7.46. The SMILES string of the molecule is CCc1ccc(-c2ccc(C#Cc3ccc4c(c3)-c3ccccc3C4)cc2)cc1. The van der Waals surface area contributed by atoms with E-state index < -0.39 is 0 Å². The molecule has 0 unspecified atom stereocenters. The molecule has 0 N–H and O–H groups in total. The summed E-state index contributed by atoms with van der Waals surface area (Å²) >= 11 is 0. The number of aryl methyl sites for hydroxylation is 1. The van der Waals surface area contributed by atoms with Crippen LogP contribution >= 0.6 is 0 Å². The zero-order chi connectivity index (χ0) is 19.6. The molecule has 0 radical (unpaired) electrons. The second-order valence-corrected chi connectivity index (χ2v) is 7.58. The van der Waals surface area contributed by atoms with Gasteiger partial charge in [0.2, 0.25) is 0 Å². The first-order chi connectivity index (χ1) is 14.3. The Labute approximate surface area is 172 Å². The van der Waals surface area contributed by atoms with Gasteiger partial charge in [-0.1, -0.05) is 85.5 Å². The fraction of sp³-hybridized carbons (Fsp3) is 0.103. The Kier molecular flexibility index (Phi) is 4.51. The van der Waals surface area contributed by atoms with E-state index in [1.807, 2.05) is 0 Å². The first-order valence-corrected chi connectivity index (χ1v) is 10.2. The molecule has 0 spiro atoms. The molecule has 5 rings (SSSR count). The zero-order valence-electron chi connectivity index (χ0n) is 16.6. The van der Waals surface area contributed by atoms with Gasteiger partial charge in [0.25, 0.3) is 0 Å². The third-order valence-corrected chi connectivity index (χ3v) is 5.73. The molecule has 138 valence electrons. The van der Waals surface area contributed by atoms with Crippen molar-refractivity contribution < 1.29 is 0 Å².